The van der Waals surface area contributed by atoms with Crippen molar-refractivity contribution in [2.45, 2.75) is 74.5 Å². The molecule has 0 amide bonds. The smallest absolute Gasteiger partial charge is 0.352 e. The summed E-state index contributed by atoms with van der Waals surface area (Å²) >= 11 is 5.78. The highest BCUT2D eigenvalue weighted by atomic mass is 35.5. The molecule has 0 radical (unpaired) electrons. The Morgan fingerprint density at radius 1 is 1.14 bits per heavy atom. The van der Waals surface area contributed by atoms with Crippen LogP contribution >= 0.6 is 11.6 Å². The third kappa shape index (κ3) is 5.04. The molecular formula is C30H33ClF5N7O. The third-order valence-corrected chi connectivity index (χ3v) is 9.82. The maximum atomic E-state index is 15.5. The van der Waals surface area contributed by atoms with Crippen molar-refractivity contribution in [2.75, 3.05) is 44.2 Å². The van der Waals surface area contributed by atoms with Gasteiger partial charge < -0.3 is 15.0 Å². The number of nitrogens with one attached hydrogen (secondary N) is 1. The number of pyridine rings is 2. The lowest BCUT2D eigenvalue weighted by atomic mass is 9.95. The van der Waals surface area contributed by atoms with E-state index in [9.17, 15) is 13.2 Å². The molecule has 44 heavy (non-hydrogen) atoms. The van der Waals surface area contributed by atoms with Crippen LogP contribution < -0.4 is 15.0 Å². The number of anilines is 1. The highest BCUT2D eigenvalue weighted by Gasteiger charge is 2.49. The molecule has 4 aliphatic rings. The highest BCUT2D eigenvalue weighted by molar-refractivity contribution is 6.23. The van der Waals surface area contributed by atoms with Gasteiger partial charge in [0, 0.05) is 63.0 Å². The molecule has 14 heteroatoms. The molecule has 1 aliphatic carbocycles. The Kier molecular flexibility index (Phi) is 7.36. The lowest BCUT2D eigenvalue weighted by Crippen LogP contribution is -2.50. The van der Waals surface area contributed by atoms with Crippen LogP contribution in [0.25, 0.3) is 22.3 Å². The van der Waals surface area contributed by atoms with Gasteiger partial charge >= 0.3 is 11.4 Å². The second-order valence-electron chi connectivity index (χ2n) is 12.3. The topological polar surface area (TPSA) is 79.3 Å². The van der Waals surface area contributed by atoms with Crippen LogP contribution in [0.2, 0.25) is 0 Å². The third-order valence-electron chi connectivity index (χ3n) is 9.63. The zero-order valence-electron chi connectivity index (χ0n) is 24.2. The summed E-state index contributed by atoms with van der Waals surface area (Å²) in [6.07, 6.45) is 3.90. The number of rotatable bonds is 7. The predicted octanol–water partition coefficient (Wildman–Crippen LogP) is 5.56. The quantitative estimate of drug-likeness (QED) is 0.267. The summed E-state index contributed by atoms with van der Waals surface area (Å²) in [4.78, 5) is 21.8. The Morgan fingerprint density at radius 2 is 1.98 bits per heavy atom. The molecule has 7 rings (SSSR count). The van der Waals surface area contributed by atoms with Crippen molar-refractivity contribution in [3.05, 3.63) is 35.2 Å². The molecule has 1 N–H and O–H groups in total. The number of fused-ring (bicyclic) bond motifs is 3. The van der Waals surface area contributed by atoms with E-state index in [1.807, 2.05) is 4.90 Å². The summed E-state index contributed by atoms with van der Waals surface area (Å²) in [6.45, 7) is 4.99. The van der Waals surface area contributed by atoms with Crippen molar-refractivity contribution in [3.8, 4) is 17.4 Å². The molecular weight excluding hydrogens is 605 g/mol. The Hall–Kier alpha value is -2.90. The van der Waals surface area contributed by atoms with Gasteiger partial charge in [-0.1, -0.05) is 6.92 Å². The minimum Gasteiger partial charge on any atom is -0.461 e. The molecule has 3 aromatic heterocycles. The molecule has 0 saturated carbocycles. The van der Waals surface area contributed by atoms with Crippen molar-refractivity contribution in [3.63, 3.8) is 0 Å². The van der Waals surface area contributed by atoms with Crippen LogP contribution in [-0.2, 0) is 17.7 Å². The number of nitrogens with zero attached hydrogens (tertiary/aromatic N) is 6. The van der Waals surface area contributed by atoms with Crippen LogP contribution in [0, 0.1) is 0 Å². The first-order valence-corrected chi connectivity index (χ1v) is 15.5. The minimum atomic E-state index is -3.99. The molecule has 236 valence electrons. The summed E-state index contributed by atoms with van der Waals surface area (Å²) < 4.78 is 80.8. The van der Waals surface area contributed by atoms with Crippen molar-refractivity contribution in [1.29, 1.82) is 0 Å². The molecule has 1 unspecified atom stereocenters. The second-order valence-corrected chi connectivity index (χ2v) is 12.8. The zero-order valence-corrected chi connectivity index (χ0v) is 25.0. The predicted molar refractivity (Wildman–Crippen MR) is 155 cm³/mol. The molecule has 3 atom stereocenters. The molecule has 8 nitrogen and oxygen atoms in total. The van der Waals surface area contributed by atoms with Crippen LogP contribution in [0.15, 0.2) is 18.5 Å². The van der Waals surface area contributed by atoms with E-state index in [2.05, 4.69) is 32.1 Å². The average molecular weight is 638 g/mol. The second kappa shape index (κ2) is 10.9. The largest absolute Gasteiger partial charge is 0.461 e. The van der Waals surface area contributed by atoms with E-state index in [1.165, 1.54) is 18.5 Å². The van der Waals surface area contributed by atoms with Gasteiger partial charge in [-0.25, -0.2) is 13.2 Å². The van der Waals surface area contributed by atoms with Crippen LogP contribution in [0.4, 0.5) is 27.8 Å². The van der Waals surface area contributed by atoms with Crippen LogP contribution in [0.1, 0.15) is 55.7 Å². The molecule has 3 aliphatic heterocycles. The van der Waals surface area contributed by atoms with Gasteiger partial charge in [-0.2, -0.15) is 18.7 Å². The summed E-state index contributed by atoms with van der Waals surface area (Å²) in [5.41, 5.74) is -1.93. The van der Waals surface area contributed by atoms with Gasteiger partial charge in [0.05, 0.1) is 27.7 Å². The van der Waals surface area contributed by atoms with Crippen molar-refractivity contribution >= 4 is 28.3 Å². The number of piperazine rings is 1. The zero-order chi connectivity index (χ0) is 30.9. The molecule has 0 aromatic carbocycles. The summed E-state index contributed by atoms with van der Waals surface area (Å²) in [5.74, 6) is -2.74. The van der Waals surface area contributed by atoms with E-state index in [4.69, 9.17) is 21.3 Å². The van der Waals surface area contributed by atoms with Crippen molar-refractivity contribution in [2.24, 2.45) is 0 Å². The average Bonchev–Trinajstić information content (AvgIpc) is 3.63. The lowest BCUT2D eigenvalue weighted by molar-refractivity contribution is -0.00187. The van der Waals surface area contributed by atoms with Gasteiger partial charge in [-0.05, 0) is 55.5 Å². The van der Waals surface area contributed by atoms with Crippen molar-refractivity contribution in [1.82, 2.24) is 30.2 Å². The Bertz CT molecular complexity index is 1590. The summed E-state index contributed by atoms with van der Waals surface area (Å²) in [5, 5.41) is -0.319. The minimum absolute atomic E-state index is 0.0464. The van der Waals surface area contributed by atoms with E-state index in [-0.39, 0.29) is 58.5 Å². The van der Waals surface area contributed by atoms with Gasteiger partial charge in [0.25, 0.3) is 5.92 Å². The first-order valence-electron chi connectivity index (χ1n) is 15.1. The molecule has 0 spiro atoms. The maximum Gasteiger partial charge on any atom is 0.352 e. The van der Waals surface area contributed by atoms with E-state index in [0.717, 1.165) is 25.8 Å². The van der Waals surface area contributed by atoms with Gasteiger partial charge in [-0.3, -0.25) is 14.9 Å². The SMILES string of the molecule is CCC1CN(c2nc(OC[C@@]34CCCN3C[C@H](F)C4)nc3c(C(F)(F)Cl)c(-c4nccc5c4CCC5(F)F)ncc23)CCN1. The fourth-order valence-corrected chi connectivity index (χ4v) is 7.63. The van der Waals surface area contributed by atoms with Crippen LogP contribution in [0.5, 0.6) is 6.01 Å². The first-order chi connectivity index (χ1) is 21.0. The standard InChI is InChI=1S/C30H33ClF5N7O/c1-2-18-15-42(11-9-37-18)26-20-13-39-25(24-19-4-7-29(33,34)21(19)5-8-38-24)22(30(31,35)36)23(20)40-27(41-26)44-16-28-6-3-10-43(28)14-17(32)12-28/h5,8,13,17-18,37H,2-4,6-7,9-12,14-16H2,1H3/t17-,18?,28+/m1/s1. The maximum absolute atomic E-state index is 15.5. The van der Waals surface area contributed by atoms with E-state index in [0.29, 0.717) is 38.4 Å². The van der Waals surface area contributed by atoms with Gasteiger partial charge in [0.2, 0.25) is 0 Å². The monoisotopic (exact) mass is 637 g/mol. The number of aromatic nitrogens is 4. The summed E-state index contributed by atoms with van der Waals surface area (Å²) in [6, 6.07) is 1.21. The molecule has 6 heterocycles. The molecule has 3 fully saturated rings. The Balaban J connectivity index is 1.39. The first kappa shape index (κ1) is 29.8. The number of alkyl halides is 6. The molecule has 3 aromatic rings. The molecule has 0 bridgehead atoms. The normalized spacial score (nSPS) is 26.8. The summed E-state index contributed by atoms with van der Waals surface area (Å²) in [7, 11) is 0. The van der Waals surface area contributed by atoms with Gasteiger partial charge in [-0.15, -0.1) is 0 Å². The number of halogens is 6. The lowest BCUT2D eigenvalue weighted by Gasteiger charge is -2.35. The number of ether oxygens (including phenoxy) is 1. The number of hydrogen-bond acceptors (Lipinski definition) is 8. The van der Waals surface area contributed by atoms with Crippen LogP contribution in [-0.4, -0.2) is 81.9 Å². The Labute approximate surface area is 256 Å². The highest BCUT2D eigenvalue weighted by Crippen LogP contribution is 2.48. The van der Waals surface area contributed by atoms with Crippen LogP contribution in [0.3, 0.4) is 0 Å². The Morgan fingerprint density at radius 3 is 2.77 bits per heavy atom. The van der Waals surface area contributed by atoms with Gasteiger partial charge in [0.15, 0.2) is 0 Å². The fourth-order valence-electron chi connectivity index (χ4n) is 7.45. The van der Waals surface area contributed by atoms with Gasteiger partial charge in [0.1, 0.15) is 24.3 Å². The van der Waals surface area contributed by atoms with E-state index < -0.39 is 35.0 Å². The number of hydrogen-bond donors (Lipinski definition) is 1. The fraction of sp³-hybridized carbons (Fsp3) is 0.600. The van der Waals surface area contributed by atoms with Crippen molar-refractivity contribution < 1.29 is 26.7 Å². The van der Waals surface area contributed by atoms with E-state index in [1.54, 1.807) is 0 Å². The van der Waals surface area contributed by atoms with E-state index >= 15 is 8.78 Å². The molecule has 3 saturated heterocycles.